The number of carboxylic acid groups (broad SMARTS) is 1. The normalized spacial score (nSPS) is 10.9. The highest BCUT2D eigenvalue weighted by Gasteiger charge is 2.18. The van der Waals surface area contributed by atoms with E-state index >= 15 is 0 Å². The number of hydrogen-bond acceptors (Lipinski definition) is 3. The van der Waals surface area contributed by atoms with Crippen molar-refractivity contribution < 1.29 is 19.4 Å². The van der Waals surface area contributed by atoms with Crippen LogP contribution < -0.4 is 10.6 Å². The third-order valence-electron chi connectivity index (χ3n) is 1.96. The Hall–Kier alpha value is -1.74. The van der Waals surface area contributed by atoms with Gasteiger partial charge in [0.1, 0.15) is 6.04 Å². The third-order valence-corrected chi connectivity index (χ3v) is 1.96. The van der Waals surface area contributed by atoms with Gasteiger partial charge in [0.25, 0.3) is 0 Å². The Balaban J connectivity index is 4.00. The molecule has 96 valence electrons. The Morgan fingerprint density at radius 1 is 1.47 bits per heavy atom. The van der Waals surface area contributed by atoms with Gasteiger partial charge in [0.05, 0.1) is 6.54 Å². The van der Waals surface area contributed by atoms with Crippen LogP contribution in [0.1, 0.15) is 19.8 Å². The molecule has 0 fully saturated rings. The highest BCUT2D eigenvalue weighted by atomic mass is 16.5. The van der Waals surface area contributed by atoms with E-state index in [1.165, 1.54) is 0 Å². The molecule has 0 aliphatic rings. The van der Waals surface area contributed by atoms with Crippen LogP contribution in [0.3, 0.4) is 0 Å². The van der Waals surface area contributed by atoms with Gasteiger partial charge in [-0.05, 0) is 19.8 Å². The van der Waals surface area contributed by atoms with Crippen molar-refractivity contribution in [2.75, 3.05) is 20.3 Å². The van der Waals surface area contributed by atoms with Crippen molar-refractivity contribution in [3.63, 3.8) is 0 Å². The van der Waals surface area contributed by atoms with Crippen LogP contribution in [0, 0.1) is 11.8 Å². The average molecular weight is 242 g/mol. The van der Waals surface area contributed by atoms with Crippen molar-refractivity contribution in [2.45, 2.75) is 25.8 Å². The lowest BCUT2D eigenvalue weighted by atomic mass is 10.1. The van der Waals surface area contributed by atoms with Gasteiger partial charge in [-0.2, -0.15) is 0 Å². The molecule has 0 saturated heterocycles. The standard InChI is InChI=1S/C11H18N2O4/c1-3-4-7-12-11(16)13-9(10(14)15)6-5-8-17-2/h9H,5-8H2,1-2H3,(H,14,15)(H2,12,13,16). The molecule has 0 aromatic carbocycles. The van der Waals surface area contributed by atoms with Crippen molar-refractivity contribution in [1.29, 1.82) is 0 Å². The fraction of sp³-hybridized carbons (Fsp3) is 0.636. The molecule has 2 amide bonds. The molecule has 0 bridgehead atoms. The van der Waals surface area contributed by atoms with Crippen LogP contribution in [-0.2, 0) is 9.53 Å². The number of hydrogen-bond donors (Lipinski definition) is 3. The first-order valence-corrected chi connectivity index (χ1v) is 5.27. The van der Waals surface area contributed by atoms with Gasteiger partial charge in [0, 0.05) is 13.7 Å². The lowest BCUT2D eigenvalue weighted by molar-refractivity contribution is -0.139. The zero-order valence-corrected chi connectivity index (χ0v) is 10.1. The second-order valence-electron chi connectivity index (χ2n) is 3.28. The number of nitrogens with one attached hydrogen (secondary N) is 2. The topological polar surface area (TPSA) is 87.7 Å². The SMILES string of the molecule is CC#CCNC(=O)NC(CCCOC)C(=O)O. The van der Waals surface area contributed by atoms with Gasteiger partial charge in [0.15, 0.2) is 0 Å². The van der Waals surface area contributed by atoms with E-state index in [2.05, 4.69) is 22.5 Å². The molecule has 0 aromatic rings. The fourth-order valence-corrected chi connectivity index (χ4v) is 1.11. The van der Waals surface area contributed by atoms with E-state index in [1.54, 1.807) is 14.0 Å². The van der Waals surface area contributed by atoms with Gasteiger partial charge in [-0.3, -0.25) is 0 Å². The van der Waals surface area contributed by atoms with Crippen LogP contribution in [0.25, 0.3) is 0 Å². The minimum Gasteiger partial charge on any atom is -0.480 e. The zero-order valence-electron chi connectivity index (χ0n) is 10.1. The first kappa shape index (κ1) is 15.3. The molecule has 6 heteroatoms. The lowest BCUT2D eigenvalue weighted by Gasteiger charge is -2.14. The number of amides is 2. The summed E-state index contributed by atoms with van der Waals surface area (Å²) in [6.45, 7) is 2.32. The molecule has 3 N–H and O–H groups in total. The monoisotopic (exact) mass is 242 g/mol. The van der Waals surface area contributed by atoms with Crippen molar-refractivity contribution in [3.05, 3.63) is 0 Å². The molecule has 0 saturated carbocycles. The third kappa shape index (κ3) is 8.11. The van der Waals surface area contributed by atoms with E-state index < -0.39 is 18.0 Å². The summed E-state index contributed by atoms with van der Waals surface area (Å²) in [4.78, 5) is 22.1. The molecule has 6 nitrogen and oxygen atoms in total. The number of carboxylic acids is 1. The molecule has 0 aliphatic heterocycles. The molecule has 0 aliphatic carbocycles. The lowest BCUT2D eigenvalue weighted by Crippen LogP contribution is -2.46. The largest absolute Gasteiger partial charge is 0.480 e. The Labute approximate surface area is 101 Å². The minimum absolute atomic E-state index is 0.201. The van der Waals surface area contributed by atoms with E-state index in [9.17, 15) is 9.59 Å². The molecule has 0 heterocycles. The van der Waals surface area contributed by atoms with Crippen molar-refractivity contribution >= 4 is 12.0 Å². The molecule has 0 rings (SSSR count). The van der Waals surface area contributed by atoms with Crippen LogP contribution >= 0.6 is 0 Å². The second kappa shape index (κ2) is 9.48. The second-order valence-corrected chi connectivity index (χ2v) is 3.28. The van der Waals surface area contributed by atoms with Crippen LogP contribution in [0.5, 0.6) is 0 Å². The summed E-state index contributed by atoms with van der Waals surface area (Å²) in [7, 11) is 1.54. The predicted octanol–water partition coefficient (Wildman–Crippen LogP) is 0.189. The maximum atomic E-state index is 11.3. The van der Waals surface area contributed by atoms with Crippen LogP contribution in [0.4, 0.5) is 4.79 Å². The van der Waals surface area contributed by atoms with Crippen molar-refractivity contribution in [2.24, 2.45) is 0 Å². The van der Waals surface area contributed by atoms with Gasteiger partial charge in [-0.1, -0.05) is 5.92 Å². The molecular weight excluding hydrogens is 224 g/mol. The number of urea groups is 1. The number of carbonyl (C=O) groups excluding carboxylic acids is 1. The summed E-state index contributed by atoms with van der Waals surface area (Å²) in [5.74, 6) is 4.20. The van der Waals surface area contributed by atoms with Gasteiger partial charge in [-0.15, -0.1) is 5.92 Å². The van der Waals surface area contributed by atoms with E-state index in [0.29, 0.717) is 19.4 Å². The molecule has 0 radical (unpaired) electrons. The Kier molecular flexibility index (Phi) is 8.51. The summed E-state index contributed by atoms with van der Waals surface area (Å²) >= 11 is 0. The molecule has 0 aromatic heterocycles. The van der Waals surface area contributed by atoms with E-state index in [0.717, 1.165) is 0 Å². The molecular formula is C11H18N2O4. The van der Waals surface area contributed by atoms with Crippen LogP contribution in [0.2, 0.25) is 0 Å². The first-order chi connectivity index (χ1) is 8.11. The molecule has 0 spiro atoms. The Morgan fingerprint density at radius 3 is 2.71 bits per heavy atom. The summed E-state index contributed by atoms with van der Waals surface area (Å²) in [6, 6.07) is -1.43. The first-order valence-electron chi connectivity index (χ1n) is 5.27. The van der Waals surface area contributed by atoms with Gasteiger partial charge in [0.2, 0.25) is 0 Å². The van der Waals surface area contributed by atoms with E-state index in [-0.39, 0.29) is 6.54 Å². The summed E-state index contributed by atoms with van der Waals surface area (Å²) < 4.78 is 4.82. The van der Waals surface area contributed by atoms with Gasteiger partial charge < -0.3 is 20.5 Å². The maximum absolute atomic E-state index is 11.3. The summed E-state index contributed by atoms with van der Waals surface area (Å²) in [5, 5.41) is 13.7. The molecule has 17 heavy (non-hydrogen) atoms. The van der Waals surface area contributed by atoms with E-state index in [4.69, 9.17) is 9.84 Å². The molecule has 1 unspecified atom stereocenters. The maximum Gasteiger partial charge on any atom is 0.326 e. The summed E-state index contributed by atoms with van der Waals surface area (Å²) in [6.07, 6.45) is 0.901. The number of ether oxygens (including phenoxy) is 1. The zero-order chi connectivity index (χ0) is 13.1. The predicted molar refractivity (Wildman–Crippen MR) is 62.5 cm³/mol. The number of carbonyl (C=O) groups is 2. The van der Waals surface area contributed by atoms with Crippen LogP contribution in [-0.4, -0.2) is 43.4 Å². The number of rotatable bonds is 7. The fourth-order valence-electron chi connectivity index (χ4n) is 1.11. The highest BCUT2D eigenvalue weighted by Crippen LogP contribution is 1.98. The van der Waals surface area contributed by atoms with Gasteiger partial charge in [-0.25, -0.2) is 9.59 Å². The Morgan fingerprint density at radius 2 is 2.18 bits per heavy atom. The number of aliphatic carboxylic acids is 1. The van der Waals surface area contributed by atoms with Crippen molar-refractivity contribution in [1.82, 2.24) is 10.6 Å². The summed E-state index contributed by atoms with van der Waals surface area (Å²) in [5.41, 5.74) is 0. The van der Waals surface area contributed by atoms with Gasteiger partial charge >= 0.3 is 12.0 Å². The number of methoxy groups -OCH3 is 1. The van der Waals surface area contributed by atoms with Crippen molar-refractivity contribution in [3.8, 4) is 11.8 Å². The minimum atomic E-state index is -1.06. The van der Waals surface area contributed by atoms with E-state index in [1.807, 2.05) is 0 Å². The smallest absolute Gasteiger partial charge is 0.326 e. The molecule has 1 atom stereocenters. The average Bonchev–Trinajstić information content (AvgIpc) is 2.28. The quantitative estimate of drug-likeness (QED) is 0.439. The Bertz CT molecular complexity index is 306. The highest BCUT2D eigenvalue weighted by molar-refractivity contribution is 5.82. The van der Waals surface area contributed by atoms with Crippen LogP contribution in [0.15, 0.2) is 0 Å².